The maximum absolute atomic E-state index is 13.4. The smallest absolute Gasteiger partial charge is 0.319 e. The van der Waals surface area contributed by atoms with Crippen LogP contribution in [0.3, 0.4) is 0 Å². The molecular formula is C17H14Cl2FN3O. The summed E-state index contributed by atoms with van der Waals surface area (Å²) in [6, 6.07) is 8.62. The lowest BCUT2D eigenvalue weighted by Gasteiger charge is -2.16. The van der Waals surface area contributed by atoms with Crippen LogP contribution in [0.4, 0.5) is 14.9 Å². The van der Waals surface area contributed by atoms with Crippen molar-refractivity contribution in [2.24, 2.45) is 0 Å². The fourth-order valence-electron chi connectivity index (χ4n) is 2.47. The van der Waals surface area contributed by atoms with Gasteiger partial charge in [-0.2, -0.15) is 0 Å². The fraction of sp³-hybridized carbons (Fsp3) is 0.118. The van der Waals surface area contributed by atoms with Gasteiger partial charge in [0.25, 0.3) is 0 Å². The minimum Gasteiger partial charge on any atom is -0.361 e. The number of carbonyl (C=O) groups is 1. The van der Waals surface area contributed by atoms with Crippen LogP contribution in [0.1, 0.15) is 18.5 Å². The lowest BCUT2D eigenvalue weighted by molar-refractivity contribution is 0.249. The molecular weight excluding hydrogens is 352 g/mol. The highest BCUT2D eigenvalue weighted by molar-refractivity contribution is 6.35. The first-order valence-electron chi connectivity index (χ1n) is 7.22. The molecule has 2 amide bonds. The van der Waals surface area contributed by atoms with E-state index in [9.17, 15) is 9.18 Å². The molecule has 0 fully saturated rings. The third kappa shape index (κ3) is 3.63. The number of amides is 2. The van der Waals surface area contributed by atoms with Crippen LogP contribution < -0.4 is 10.6 Å². The summed E-state index contributed by atoms with van der Waals surface area (Å²) >= 11 is 12.0. The molecule has 124 valence electrons. The van der Waals surface area contributed by atoms with Gasteiger partial charge in [-0.15, -0.1) is 0 Å². The number of H-pyrrole nitrogens is 1. The van der Waals surface area contributed by atoms with E-state index in [0.717, 1.165) is 10.9 Å². The molecule has 0 saturated heterocycles. The van der Waals surface area contributed by atoms with Gasteiger partial charge in [0.2, 0.25) is 0 Å². The van der Waals surface area contributed by atoms with Crippen LogP contribution in [0.2, 0.25) is 10.0 Å². The Kier molecular flexibility index (Phi) is 4.64. The Morgan fingerprint density at radius 2 is 2.00 bits per heavy atom. The summed E-state index contributed by atoms with van der Waals surface area (Å²) in [5.41, 5.74) is 1.95. The summed E-state index contributed by atoms with van der Waals surface area (Å²) in [5, 5.41) is 7.14. The second-order valence-electron chi connectivity index (χ2n) is 5.42. The third-order valence-corrected chi connectivity index (χ3v) is 4.14. The zero-order valence-corrected chi connectivity index (χ0v) is 14.2. The predicted octanol–water partition coefficient (Wildman–Crippen LogP) is 5.50. The number of anilines is 1. The molecule has 0 spiro atoms. The van der Waals surface area contributed by atoms with Crippen LogP contribution in [0.5, 0.6) is 0 Å². The number of halogens is 3. The van der Waals surface area contributed by atoms with Crippen molar-refractivity contribution in [3.8, 4) is 0 Å². The van der Waals surface area contributed by atoms with Crippen LogP contribution >= 0.6 is 23.2 Å². The van der Waals surface area contributed by atoms with E-state index in [1.54, 1.807) is 31.3 Å². The maximum atomic E-state index is 13.4. The number of aromatic amines is 1. The fourth-order valence-corrected chi connectivity index (χ4v) is 2.98. The van der Waals surface area contributed by atoms with Crippen molar-refractivity contribution in [1.29, 1.82) is 0 Å². The number of fused-ring (bicyclic) bond motifs is 1. The molecule has 24 heavy (non-hydrogen) atoms. The number of urea groups is 1. The third-order valence-electron chi connectivity index (χ3n) is 3.61. The standard InChI is InChI=1S/C17H14Cl2FN3O/c1-9(10-4-11(18)6-12(20)5-10)22-17(24)23-13-7-15(19)14-2-3-21-16(14)8-13/h2-9,21H,1H3,(H2,22,23,24). The van der Waals surface area contributed by atoms with Gasteiger partial charge in [-0.3, -0.25) is 0 Å². The van der Waals surface area contributed by atoms with Crippen LogP contribution in [-0.2, 0) is 0 Å². The zero-order chi connectivity index (χ0) is 17.3. The van der Waals surface area contributed by atoms with Crippen molar-refractivity contribution < 1.29 is 9.18 Å². The largest absolute Gasteiger partial charge is 0.361 e. The first-order chi connectivity index (χ1) is 11.4. The molecule has 0 aliphatic carbocycles. The van der Waals surface area contributed by atoms with Gasteiger partial charge in [0.05, 0.1) is 11.1 Å². The molecule has 1 unspecified atom stereocenters. The minimum absolute atomic E-state index is 0.281. The Hall–Kier alpha value is -2.24. The average molecular weight is 366 g/mol. The SMILES string of the molecule is CC(NC(=O)Nc1cc(Cl)c2cc[nH]c2c1)c1cc(F)cc(Cl)c1. The number of aromatic nitrogens is 1. The molecule has 0 bridgehead atoms. The topological polar surface area (TPSA) is 56.9 Å². The zero-order valence-electron chi connectivity index (χ0n) is 12.7. The van der Waals surface area contributed by atoms with Gasteiger partial charge in [0.15, 0.2) is 0 Å². The lowest BCUT2D eigenvalue weighted by atomic mass is 10.1. The number of benzene rings is 2. The molecule has 3 rings (SSSR count). The minimum atomic E-state index is -0.449. The van der Waals surface area contributed by atoms with E-state index in [1.807, 2.05) is 6.07 Å². The van der Waals surface area contributed by atoms with Crippen molar-refractivity contribution >= 4 is 45.8 Å². The summed E-state index contributed by atoms with van der Waals surface area (Å²) in [6.45, 7) is 1.74. The van der Waals surface area contributed by atoms with E-state index in [-0.39, 0.29) is 5.02 Å². The molecule has 1 aromatic heterocycles. The molecule has 1 atom stereocenters. The molecule has 1 heterocycles. The molecule has 7 heteroatoms. The molecule has 0 radical (unpaired) electrons. The van der Waals surface area contributed by atoms with Crippen molar-refractivity contribution in [3.63, 3.8) is 0 Å². The first-order valence-corrected chi connectivity index (χ1v) is 7.98. The Morgan fingerprint density at radius 1 is 1.21 bits per heavy atom. The van der Waals surface area contributed by atoms with E-state index in [2.05, 4.69) is 15.6 Å². The highest BCUT2D eigenvalue weighted by Crippen LogP contribution is 2.27. The summed E-state index contributed by atoms with van der Waals surface area (Å²) in [5.74, 6) is -0.449. The van der Waals surface area contributed by atoms with Gasteiger partial charge >= 0.3 is 6.03 Å². The molecule has 0 aliphatic heterocycles. The lowest BCUT2D eigenvalue weighted by Crippen LogP contribution is -2.31. The second-order valence-corrected chi connectivity index (χ2v) is 6.26. The van der Waals surface area contributed by atoms with Crippen molar-refractivity contribution in [2.75, 3.05) is 5.32 Å². The Labute approximate surface area is 148 Å². The number of hydrogen-bond donors (Lipinski definition) is 3. The molecule has 4 nitrogen and oxygen atoms in total. The van der Waals surface area contributed by atoms with Crippen molar-refractivity contribution in [1.82, 2.24) is 10.3 Å². The van der Waals surface area contributed by atoms with Crippen molar-refractivity contribution in [3.05, 3.63) is 64.0 Å². The van der Waals surface area contributed by atoms with E-state index >= 15 is 0 Å². The number of carbonyl (C=O) groups excluding carboxylic acids is 1. The number of nitrogens with one attached hydrogen (secondary N) is 3. The Balaban J connectivity index is 1.72. The summed E-state index contributed by atoms with van der Waals surface area (Å²) in [4.78, 5) is 15.2. The summed E-state index contributed by atoms with van der Waals surface area (Å²) < 4.78 is 13.4. The van der Waals surface area contributed by atoms with E-state index in [4.69, 9.17) is 23.2 Å². The van der Waals surface area contributed by atoms with E-state index < -0.39 is 17.9 Å². The number of hydrogen-bond acceptors (Lipinski definition) is 1. The summed E-state index contributed by atoms with van der Waals surface area (Å²) in [6.07, 6.45) is 1.77. The van der Waals surface area contributed by atoms with Gasteiger partial charge < -0.3 is 15.6 Å². The van der Waals surface area contributed by atoms with Gasteiger partial charge in [-0.1, -0.05) is 23.2 Å². The monoisotopic (exact) mass is 365 g/mol. The highest BCUT2D eigenvalue weighted by atomic mass is 35.5. The van der Waals surface area contributed by atoms with E-state index in [1.165, 1.54) is 12.1 Å². The van der Waals surface area contributed by atoms with Crippen LogP contribution in [0, 0.1) is 5.82 Å². The van der Waals surface area contributed by atoms with E-state index in [0.29, 0.717) is 16.3 Å². The molecule has 3 N–H and O–H groups in total. The highest BCUT2D eigenvalue weighted by Gasteiger charge is 2.12. The van der Waals surface area contributed by atoms with Crippen LogP contribution in [0.15, 0.2) is 42.6 Å². The Morgan fingerprint density at radius 3 is 2.75 bits per heavy atom. The van der Waals surface area contributed by atoms with Crippen LogP contribution in [0.25, 0.3) is 10.9 Å². The second kappa shape index (κ2) is 6.71. The van der Waals surface area contributed by atoms with Gasteiger partial charge in [0, 0.05) is 27.8 Å². The van der Waals surface area contributed by atoms with Crippen LogP contribution in [-0.4, -0.2) is 11.0 Å². The number of rotatable bonds is 3. The summed E-state index contributed by atoms with van der Waals surface area (Å²) in [7, 11) is 0. The molecule has 0 saturated carbocycles. The molecule has 3 aromatic rings. The van der Waals surface area contributed by atoms with Gasteiger partial charge in [-0.25, -0.2) is 9.18 Å². The first kappa shape index (κ1) is 16.6. The Bertz CT molecular complexity index is 890. The normalized spacial score (nSPS) is 12.2. The molecule has 2 aromatic carbocycles. The molecule has 0 aliphatic rings. The maximum Gasteiger partial charge on any atom is 0.319 e. The average Bonchev–Trinajstić information content (AvgIpc) is 2.94. The predicted molar refractivity (Wildman–Crippen MR) is 95.3 cm³/mol. The van der Waals surface area contributed by atoms with Gasteiger partial charge in [0.1, 0.15) is 5.82 Å². The quantitative estimate of drug-likeness (QED) is 0.564. The van der Waals surface area contributed by atoms with Gasteiger partial charge in [-0.05, 0) is 48.9 Å². The van der Waals surface area contributed by atoms with Crippen molar-refractivity contribution in [2.45, 2.75) is 13.0 Å².